The van der Waals surface area contributed by atoms with E-state index >= 15 is 0 Å². The Morgan fingerprint density at radius 3 is 3.00 bits per heavy atom. The number of ether oxygens (including phenoxy) is 1. The van der Waals surface area contributed by atoms with Gasteiger partial charge in [-0.1, -0.05) is 11.8 Å². The molecule has 0 spiro atoms. The van der Waals surface area contributed by atoms with Crippen molar-refractivity contribution in [3.05, 3.63) is 18.6 Å². The summed E-state index contributed by atoms with van der Waals surface area (Å²) in [6, 6.07) is 0. The standard InChI is InChI=1S/C9H10N2O2S/c1-6-4-7(9(12)13-6)14-8-5-10-2-3-11-8/h2-3,5-7H,4H2,1H3. The van der Waals surface area contributed by atoms with E-state index in [1.54, 1.807) is 18.6 Å². The average Bonchev–Trinajstić information content (AvgIpc) is 2.47. The van der Waals surface area contributed by atoms with Crippen molar-refractivity contribution in [1.29, 1.82) is 0 Å². The van der Waals surface area contributed by atoms with Gasteiger partial charge in [0.2, 0.25) is 0 Å². The molecule has 1 fully saturated rings. The Labute approximate surface area is 86.1 Å². The Hall–Kier alpha value is -1.10. The van der Waals surface area contributed by atoms with Crippen molar-refractivity contribution in [2.45, 2.75) is 29.7 Å². The SMILES string of the molecule is CC1CC(Sc2cnccn2)C(=O)O1. The van der Waals surface area contributed by atoms with Crippen LogP contribution in [0, 0.1) is 0 Å². The number of hydrogen-bond donors (Lipinski definition) is 0. The van der Waals surface area contributed by atoms with E-state index in [0.29, 0.717) is 0 Å². The van der Waals surface area contributed by atoms with Gasteiger partial charge in [0.05, 0.1) is 6.20 Å². The Kier molecular flexibility index (Phi) is 2.67. The summed E-state index contributed by atoms with van der Waals surface area (Å²) in [5, 5.41) is 0.644. The zero-order chi connectivity index (χ0) is 9.97. The van der Waals surface area contributed by atoms with Gasteiger partial charge in [-0.3, -0.25) is 9.78 Å². The Balaban J connectivity index is 2.02. The van der Waals surface area contributed by atoms with Gasteiger partial charge in [-0.25, -0.2) is 4.98 Å². The summed E-state index contributed by atoms with van der Waals surface area (Å²) in [6.45, 7) is 1.90. The summed E-state index contributed by atoms with van der Waals surface area (Å²) in [6.07, 6.45) is 5.66. The molecule has 0 N–H and O–H groups in total. The van der Waals surface area contributed by atoms with Crippen molar-refractivity contribution in [3.63, 3.8) is 0 Å². The molecule has 2 atom stereocenters. The van der Waals surface area contributed by atoms with E-state index in [1.807, 2.05) is 6.92 Å². The summed E-state index contributed by atoms with van der Waals surface area (Å²) in [5.41, 5.74) is 0. The number of aromatic nitrogens is 2. The molecule has 1 aliphatic rings. The van der Waals surface area contributed by atoms with Crippen LogP contribution in [0.4, 0.5) is 0 Å². The van der Waals surface area contributed by atoms with Crippen LogP contribution in [-0.2, 0) is 9.53 Å². The molecule has 4 nitrogen and oxygen atoms in total. The second kappa shape index (κ2) is 3.96. The topological polar surface area (TPSA) is 52.1 Å². The molecular weight excluding hydrogens is 200 g/mol. The van der Waals surface area contributed by atoms with Gasteiger partial charge in [0.15, 0.2) is 0 Å². The van der Waals surface area contributed by atoms with Crippen molar-refractivity contribution in [2.75, 3.05) is 0 Å². The molecule has 0 bridgehead atoms. The van der Waals surface area contributed by atoms with Crippen LogP contribution in [0.15, 0.2) is 23.6 Å². The van der Waals surface area contributed by atoms with E-state index in [0.717, 1.165) is 11.4 Å². The zero-order valence-electron chi connectivity index (χ0n) is 7.71. The Morgan fingerprint density at radius 1 is 1.57 bits per heavy atom. The lowest BCUT2D eigenvalue weighted by Gasteiger charge is -2.02. The van der Waals surface area contributed by atoms with Gasteiger partial charge in [-0.2, -0.15) is 0 Å². The molecule has 2 rings (SSSR count). The number of rotatable bonds is 2. The van der Waals surface area contributed by atoms with Gasteiger partial charge in [0, 0.05) is 18.8 Å². The van der Waals surface area contributed by atoms with Crippen LogP contribution in [0.5, 0.6) is 0 Å². The van der Waals surface area contributed by atoms with Crippen LogP contribution in [0.1, 0.15) is 13.3 Å². The highest BCUT2D eigenvalue weighted by atomic mass is 32.2. The maximum Gasteiger partial charge on any atom is 0.319 e. The van der Waals surface area contributed by atoms with Crippen LogP contribution in [0.2, 0.25) is 0 Å². The summed E-state index contributed by atoms with van der Waals surface area (Å²) >= 11 is 1.41. The van der Waals surface area contributed by atoms with E-state index in [9.17, 15) is 4.79 Å². The van der Waals surface area contributed by atoms with Gasteiger partial charge < -0.3 is 4.74 Å². The minimum Gasteiger partial charge on any atom is -0.462 e. The molecule has 2 unspecified atom stereocenters. The van der Waals surface area contributed by atoms with Gasteiger partial charge in [-0.05, 0) is 6.92 Å². The number of nitrogens with zero attached hydrogens (tertiary/aromatic N) is 2. The molecular formula is C9H10N2O2S. The smallest absolute Gasteiger partial charge is 0.319 e. The number of carbonyl (C=O) groups excluding carboxylic acids is 1. The maximum absolute atomic E-state index is 11.3. The fourth-order valence-corrected chi connectivity index (χ4v) is 2.36. The number of cyclic esters (lactones) is 1. The third-order valence-electron chi connectivity index (χ3n) is 1.93. The van der Waals surface area contributed by atoms with Gasteiger partial charge in [-0.15, -0.1) is 0 Å². The molecule has 0 radical (unpaired) electrons. The van der Waals surface area contributed by atoms with Crippen molar-refractivity contribution in [2.24, 2.45) is 0 Å². The van der Waals surface area contributed by atoms with Gasteiger partial charge in [0.25, 0.3) is 0 Å². The minimum absolute atomic E-state index is 0.0247. The third kappa shape index (κ3) is 2.04. The van der Waals surface area contributed by atoms with Crippen molar-refractivity contribution < 1.29 is 9.53 Å². The first-order valence-corrected chi connectivity index (χ1v) is 5.27. The molecule has 0 amide bonds. The minimum atomic E-state index is -0.145. The molecule has 0 aromatic carbocycles. The molecule has 1 aromatic heterocycles. The normalized spacial score (nSPS) is 26.2. The molecule has 1 aliphatic heterocycles. The van der Waals surface area contributed by atoms with E-state index in [2.05, 4.69) is 9.97 Å². The second-order valence-electron chi connectivity index (χ2n) is 3.13. The van der Waals surface area contributed by atoms with Crippen molar-refractivity contribution >= 4 is 17.7 Å². The second-order valence-corrected chi connectivity index (χ2v) is 4.36. The highest BCUT2D eigenvalue weighted by Gasteiger charge is 2.32. The summed E-state index contributed by atoms with van der Waals surface area (Å²) in [5.74, 6) is -0.145. The molecule has 2 heterocycles. The van der Waals surface area contributed by atoms with Crippen molar-refractivity contribution in [3.8, 4) is 0 Å². The molecule has 74 valence electrons. The molecule has 14 heavy (non-hydrogen) atoms. The van der Waals surface area contributed by atoms with E-state index in [1.165, 1.54) is 11.8 Å². The quantitative estimate of drug-likeness (QED) is 0.688. The Bertz CT molecular complexity index is 331. The third-order valence-corrected chi connectivity index (χ3v) is 3.05. The predicted molar refractivity (Wildman–Crippen MR) is 51.8 cm³/mol. The van der Waals surface area contributed by atoms with Gasteiger partial charge >= 0.3 is 5.97 Å². The molecule has 1 saturated heterocycles. The largest absolute Gasteiger partial charge is 0.462 e. The summed E-state index contributed by atoms with van der Waals surface area (Å²) in [7, 11) is 0. The van der Waals surface area contributed by atoms with Gasteiger partial charge in [0.1, 0.15) is 16.4 Å². The number of esters is 1. The predicted octanol–water partition coefficient (Wildman–Crippen LogP) is 1.27. The van der Waals surface area contributed by atoms with Crippen LogP contribution in [-0.4, -0.2) is 27.3 Å². The Morgan fingerprint density at radius 2 is 2.43 bits per heavy atom. The highest BCUT2D eigenvalue weighted by molar-refractivity contribution is 8.00. The molecule has 0 aliphatic carbocycles. The molecule has 5 heteroatoms. The fraction of sp³-hybridized carbons (Fsp3) is 0.444. The molecule has 1 aromatic rings. The van der Waals surface area contributed by atoms with E-state index in [-0.39, 0.29) is 17.3 Å². The first-order valence-electron chi connectivity index (χ1n) is 4.39. The first-order chi connectivity index (χ1) is 6.75. The lowest BCUT2D eigenvalue weighted by Crippen LogP contribution is -2.09. The van der Waals surface area contributed by atoms with Crippen LogP contribution in [0.3, 0.4) is 0 Å². The summed E-state index contributed by atoms with van der Waals surface area (Å²) in [4.78, 5) is 19.3. The summed E-state index contributed by atoms with van der Waals surface area (Å²) < 4.78 is 5.04. The fourth-order valence-electron chi connectivity index (χ4n) is 1.31. The lowest BCUT2D eigenvalue weighted by molar-refractivity contribution is -0.140. The zero-order valence-corrected chi connectivity index (χ0v) is 8.53. The monoisotopic (exact) mass is 210 g/mol. The number of thioether (sulfide) groups is 1. The van der Waals surface area contributed by atoms with E-state index < -0.39 is 0 Å². The number of hydrogen-bond acceptors (Lipinski definition) is 5. The highest BCUT2D eigenvalue weighted by Crippen LogP contribution is 2.30. The maximum atomic E-state index is 11.3. The number of carbonyl (C=O) groups is 1. The van der Waals surface area contributed by atoms with Crippen molar-refractivity contribution in [1.82, 2.24) is 9.97 Å². The van der Waals surface area contributed by atoms with Crippen LogP contribution in [0.25, 0.3) is 0 Å². The lowest BCUT2D eigenvalue weighted by atomic mass is 10.3. The first kappa shape index (κ1) is 9.45. The average molecular weight is 210 g/mol. The van der Waals surface area contributed by atoms with Crippen LogP contribution >= 0.6 is 11.8 Å². The van der Waals surface area contributed by atoms with E-state index in [4.69, 9.17) is 4.74 Å². The van der Waals surface area contributed by atoms with Crippen LogP contribution < -0.4 is 0 Å². The molecule has 0 saturated carbocycles.